The first-order chi connectivity index (χ1) is 15.0. The lowest BCUT2D eigenvalue weighted by Crippen LogP contribution is -2.49. The van der Waals surface area contributed by atoms with Gasteiger partial charge in [-0.3, -0.25) is 4.79 Å². The summed E-state index contributed by atoms with van der Waals surface area (Å²) in [4.78, 5) is 28.9. The Morgan fingerprint density at radius 2 is 1.81 bits per heavy atom. The number of fused-ring (bicyclic) bond motifs is 1. The molecule has 0 unspecified atom stereocenters. The first-order valence-corrected chi connectivity index (χ1v) is 10.7. The smallest absolute Gasteiger partial charge is 0.258 e. The molecule has 0 aliphatic carbocycles. The molecule has 162 valence electrons. The van der Waals surface area contributed by atoms with Crippen LogP contribution in [0.15, 0.2) is 42.5 Å². The molecule has 4 rings (SSSR count). The van der Waals surface area contributed by atoms with Gasteiger partial charge in [0.05, 0.1) is 12.2 Å². The average molecular weight is 420 g/mol. The van der Waals surface area contributed by atoms with Crippen molar-refractivity contribution in [1.82, 2.24) is 14.9 Å². The fraction of sp³-hybridized carbons (Fsp3) is 0.375. The molecule has 3 aromatic rings. The van der Waals surface area contributed by atoms with Crippen LogP contribution in [0.5, 0.6) is 5.75 Å². The minimum atomic E-state index is 0.0130. The van der Waals surface area contributed by atoms with Crippen LogP contribution in [0.1, 0.15) is 23.0 Å². The Bertz CT molecular complexity index is 1090. The summed E-state index contributed by atoms with van der Waals surface area (Å²) in [5.41, 5.74) is 1.58. The summed E-state index contributed by atoms with van der Waals surface area (Å²) in [6.45, 7) is 7.04. The number of carbonyl (C=O) groups is 1. The summed E-state index contributed by atoms with van der Waals surface area (Å²) in [5.74, 6) is 2.26. The molecule has 31 heavy (non-hydrogen) atoms. The van der Waals surface area contributed by atoms with Crippen LogP contribution in [-0.4, -0.2) is 67.7 Å². The molecule has 7 heteroatoms. The minimum Gasteiger partial charge on any atom is -0.493 e. The molecule has 1 amide bonds. The van der Waals surface area contributed by atoms with Crippen LogP contribution in [0.25, 0.3) is 10.8 Å². The Morgan fingerprint density at radius 3 is 2.52 bits per heavy atom. The van der Waals surface area contributed by atoms with Gasteiger partial charge >= 0.3 is 0 Å². The fourth-order valence-electron chi connectivity index (χ4n) is 3.92. The predicted octanol–water partition coefficient (Wildman–Crippen LogP) is 3.37. The Balaban J connectivity index is 1.56. The third-order valence-corrected chi connectivity index (χ3v) is 5.54. The molecule has 0 saturated carbocycles. The minimum absolute atomic E-state index is 0.0130. The van der Waals surface area contributed by atoms with Crippen molar-refractivity contribution in [3.8, 4) is 5.75 Å². The van der Waals surface area contributed by atoms with Gasteiger partial charge in [-0.25, -0.2) is 4.98 Å². The number of aryl methyl sites for hydroxylation is 1. The lowest BCUT2D eigenvalue weighted by molar-refractivity contribution is 0.0744. The molecule has 1 aliphatic rings. The SMILES string of the molecule is CCOc1ccc2ccccc2c1C(=O)N1CCN(c2nc(C)cc(N(C)C)n2)CC1. The van der Waals surface area contributed by atoms with E-state index in [1.165, 1.54) is 0 Å². The number of hydrogen-bond acceptors (Lipinski definition) is 6. The van der Waals surface area contributed by atoms with Crippen LogP contribution in [0.2, 0.25) is 0 Å². The maximum absolute atomic E-state index is 13.5. The van der Waals surface area contributed by atoms with Gasteiger partial charge in [0.15, 0.2) is 0 Å². The molecule has 2 heterocycles. The summed E-state index contributed by atoms with van der Waals surface area (Å²) in [7, 11) is 3.95. The second kappa shape index (κ2) is 8.79. The van der Waals surface area contributed by atoms with Crippen LogP contribution in [0.4, 0.5) is 11.8 Å². The molecule has 0 radical (unpaired) electrons. The van der Waals surface area contributed by atoms with Gasteiger partial charge in [0, 0.05) is 52.0 Å². The van der Waals surface area contributed by atoms with Gasteiger partial charge in [0.25, 0.3) is 5.91 Å². The van der Waals surface area contributed by atoms with Crippen molar-refractivity contribution < 1.29 is 9.53 Å². The van der Waals surface area contributed by atoms with Crippen molar-refractivity contribution in [3.63, 3.8) is 0 Å². The third-order valence-electron chi connectivity index (χ3n) is 5.54. The van der Waals surface area contributed by atoms with E-state index in [-0.39, 0.29) is 5.91 Å². The van der Waals surface area contributed by atoms with Crippen LogP contribution < -0.4 is 14.5 Å². The van der Waals surface area contributed by atoms with Crippen molar-refractivity contribution in [2.45, 2.75) is 13.8 Å². The monoisotopic (exact) mass is 419 g/mol. The van der Waals surface area contributed by atoms with E-state index in [1.54, 1.807) is 0 Å². The van der Waals surface area contributed by atoms with Crippen LogP contribution in [0, 0.1) is 6.92 Å². The van der Waals surface area contributed by atoms with Crippen molar-refractivity contribution in [2.24, 2.45) is 0 Å². The molecular weight excluding hydrogens is 390 g/mol. The van der Waals surface area contributed by atoms with E-state index < -0.39 is 0 Å². The Kier molecular flexibility index (Phi) is 5.93. The van der Waals surface area contributed by atoms with E-state index >= 15 is 0 Å². The second-order valence-electron chi connectivity index (χ2n) is 7.93. The molecular formula is C24H29N5O2. The Hall–Kier alpha value is -3.35. The number of amides is 1. The molecule has 2 aromatic carbocycles. The number of ether oxygens (including phenoxy) is 1. The number of rotatable bonds is 5. The number of benzene rings is 2. The lowest BCUT2D eigenvalue weighted by atomic mass is 10.0. The van der Waals surface area contributed by atoms with Crippen LogP contribution in [-0.2, 0) is 0 Å². The van der Waals surface area contributed by atoms with E-state index in [9.17, 15) is 4.79 Å². The number of nitrogens with zero attached hydrogens (tertiary/aromatic N) is 5. The molecule has 0 spiro atoms. The summed E-state index contributed by atoms with van der Waals surface area (Å²) < 4.78 is 5.81. The van der Waals surface area contributed by atoms with Crippen molar-refractivity contribution in [2.75, 3.05) is 56.7 Å². The highest BCUT2D eigenvalue weighted by Gasteiger charge is 2.27. The van der Waals surface area contributed by atoms with Gasteiger partial charge in [0.1, 0.15) is 11.6 Å². The number of piperazine rings is 1. The van der Waals surface area contributed by atoms with E-state index in [4.69, 9.17) is 4.74 Å². The zero-order valence-electron chi connectivity index (χ0n) is 18.6. The van der Waals surface area contributed by atoms with Crippen molar-refractivity contribution in [1.29, 1.82) is 0 Å². The highest BCUT2D eigenvalue weighted by Crippen LogP contribution is 2.30. The first-order valence-electron chi connectivity index (χ1n) is 10.7. The quantitative estimate of drug-likeness (QED) is 0.632. The summed E-state index contributed by atoms with van der Waals surface area (Å²) in [5, 5.41) is 1.97. The molecule has 1 fully saturated rings. The van der Waals surface area contributed by atoms with Crippen LogP contribution >= 0.6 is 0 Å². The number of carbonyl (C=O) groups excluding carboxylic acids is 1. The van der Waals surface area contributed by atoms with E-state index in [0.717, 1.165) is 28.2 Å². The van der Waals surface area contributed by atoms with Gasteiger partial charge in [-0.2, -0.15) is 4.98 Å². The topological polar surface area (TPSA) is 61.8 Å². The average Bonchev–Trinajstić information content (AvgIpc) is 2.78. The summed E-state index contributed by atoms with van der Waals surface area (Å²) in [6, 6.07) is 13.8. The first kappa shape index (κ1) is 20.9. The van der Waals surface area contributed by atoms with Gasteiger partial charge in [-0.1, -0.05) is 30.3 Å². The molecule has 1 aromatic heterocycles. The molecule has 1 saturated heterocycles. The van der Waals surface area contributed by atoms with Gasteiger partial charge in [-0.15, -0.1) is 0 Å². The van der Waals surface area contributed by atoms with E-state index in [1.807, 2.05) is 80.2 Å². The van der Waals surface area contributed by atoms with E-state index in [2.05, 4.69) is 14.9 Å². The Morgan fingerprint density at radius 1 is 1.06 bits per heavy atom. The summed E-state index contributed by atoms with van der Waals surface area (Å²) in [6.07, 6.45) is 0. The van der Waals surface area contributed by atoms with Gasteiger partial charge < -0.3 is 19.4 Å². The predicted molar refractivity (Wildman–Crippen MR) is 124 cm³/mol. The van der Waals surface area contributed by atoms with Gasteiger partial charge in [0.2, 0.25) is 5.95 Å². The number of aromatic nitrogens is 2. The maximum atomic E-state index is 13.5. The largest absolute Gasteiger partial charge is 0.493 e. The normalized spacial score (nSPS) is 14.1. The molecule has 1 aliphatic heterocycles. The lowest BCUT2D eigenvalue weighted by Gasteiger charge is -2.35. The van der Waals surface area contributed by atoms with Crippen molar-refractivity contribution in [3.05, 3.63) is 53.7 Å². The third kappa shape index (κ3) is 4.26. The zero-order chi connectivity index (χ0) is 22.0. The second-order valence-corrected chi connectivity index (χ2v) is 7.93. The maximum Gasteiger partial charge on any atom is 0.258 e. The zero-order valence-corrected chi connectivity index (χ0v) is 18.6. The molecule has 0 atom stereocenters. The molecule has 7 nitrogen and oxygen atoms in total. The van der Waals surface area contributed by atoms with Crippen LogP contribution in [0.3, 0.4) is 0 Å². The Labute approximate surface area is 183 Å². The standard InChI is InChI=1S/C24H29N5O2/c1-5-31-20-11-10-18-8-6-7-9-19(18)22(20)23(30)28-12-14-29(15-13-28)24-25-17(2)16-21(26-24)27(3)4/h6-11,16H,5,12-15H2,1-4H3. The fourth-order valence-corrected chi connectivity index (χ4v) is 3.92. The highest BCUT2D eigenvalue weighted by atomic mass is 16.5. The van der Waals surface area contributed by atoms with Crippen molar-refractivity contribution >= 4 is 28.4 Å². The number of anilines is 2. The van der Waals surface area contributed by atoms with Gasteiger partial charge in [-0.05, 0) is 30.7 Å². The number of hydrogen-bond donors (Lipinski definition) is 0. The summed E-state index contributed by atoms with van der Waals surface area (Å²) >= 11 is 0. The molecule has 0 bridgehead atoms. The molecule has 0 N–H and O–H groups in total. The highest BCUT2D eigenvalue weighted by molar-refractivity contribution is 6.09. The van der Waals surface area contributed by atoms with E-state index in [0.29, 0.717) is 44.1 Å².